The number of aryl methyl sites for hydroxylation is 1. The lowest BCUT2D eigenvalue weighted by atomic mass is 10.2. The molecule has 2 aromatic rings. The molecule has 0 aliphatic carbocycles. The standard InChI is InChI=1S/C10H10FN3OS/c1-14-6-12-13-10(14)16-9-7(5-15)3-2-4-8(9)11/h2-4,6,15H,5H2,1H3. The van der Waals surface area contributed by atoms with E-state index in [1.165, 1.54) is 6.07 Å². The lowest BCUT2D eigenvalue weighted by Gasteiger charge is -2.06. The zero-order valence-corrected chi connectivity index (χ0v) is 9.41. The van der Waals surface area contributed by atoms with Crippen molar-refractivity contribution in [1.82, 2.24) is 14.8 Å². The Balaban J connectivity index is 2.37. The summed E-state index contributed by atoms with van der Waals surface area (Å²) in [7, 11) is 1.78. The first-order valence-corrected chi connectivity index (χ1v) is 5.44. The van der Waals surface area contributed by atoms with Crippen LogP contribution in [0.15, 0.2) is 34.6 Å². The van der Waals surface area contributed by atoms with Gasteiger partial charge in [0.05, 0.1) is 11.5 Å². The van der Waals surface area contributed by atoms with Crippen LogP contribution in [0.5, 0.6) is 0 Å². The molecule has 1 N–H and O–H groups in total. The summed E-state index contributed by atoms with van der Waals surface area (Å²) in [4.78, 5) is 0.390. The van der Waals surface area contributed by atoms with Crippen LogP contribution in [0.2, 0.25) is 0 Å². The zero-order valence-electron chi connectivity index (χ0n) is 8.59. The van der Waals surface area contributed by atoms with E-state index in [9.17, 15) is 4.39 Å². The van der Waals surface area contributed by atoms with E-state index in [1.54, 1.807) is 30.1 Å². The van der Waals surface area contributed by atoms with Crippen LogP contribution < -0.4 is 0 Å². The molecule has 0 aliphatic rings. The van der Waals surface area contributed by atoms with Gasteiger partial charge in [-0.3, -0.25) is 0 Å². The summed E-state index contributed by atoms with van der Waals surface area (Å²) in [5.74, 6) is -0.362. The molecule has 2 rings (SSSR count). The molecule has 0 amide bonds. The summed E-state index contributed by atoms with van der Waals surface area (Å²) in [5.41, 5.74) is 0.549. The minimum atomic E-state index is -0.362. The molecule has 0 fully saturated rings. The summed E-state index contributed by atoms with van der Waals surface area (Å²) >= 11 is 1.15. The first-order chi connectivity index (χ1) is 7.72. The summed E-state index contributed by atoms with van der Waals surface area (Å²) in [5, 5.41) is 17.3. The van der Waals surface area contributed by atoms with Gasteiger partial charge in [-0.25, -0.2) is 4.39 Å². The number of halogens is 1. The zero-order chi connectivity index (χ0) is 11.5. The van der Waals surface area contributed by atoms with Crippen LogP contribution >= 0.6 is 11.8 Å². The van der Waals surface area contributed by atoms with Gasteiger partial charge in [0.15, 0.2) is 5.16 Å². The molecule has 0 spiro atoms. The number of hydrogen-bond donors (Lipinski definition) is 1. The van der Waals surface area contributed by atoms with Crippen molar-refractivity contribution in [3.63, 3.8) is 0 Å². The monoisotopic (exact) mass is 239 g/mol. The average molecular weight is 239 g/mol. The molecule has 0 radical (unpaired) electrons. The second kappa shape index (κ2) is 4.63. The van der Waals surface area contributed by atoms with E-state index in [-0.39, 0.29) is 12.4 Å². The Morgan fingerprint density at radius 3 is 2.94 bits per heavy atom. The average Bonchev–Trinajstić information content (AvgIpc) is 2.67. The Morgan fingerprint density at radius 2 is 2.31 bits per heavy atom. The molecule has 16 heavy (non-hydrogen) atoms. The fourth-order valence-electron chi connectivity index (χ4n) is 1.25. The highest BCUT2D eigenvalue weighted by molar-refractivity contribution is 7.99. The van der Waals surface area contributed by atoms with E-state index in [1.807, 2.05) is 0 Å². The van der Waals surface area contributed by atoms with Crippen LogP contribution in [0.1, 0.15) is 5.56 Å². The molecule has 6 heteroatoms. The van der Waals surface area contributed by atoms with Gasteiger partial charge in [-0.05, 0) is 23.4 Å². The minimum absolute atomic E-state index is 0.196. The second-order valence-corrected chi connectivity index (χ2v) is 4.19. The van der Waals surface area contributed by atoms with Crippen LogP contribution in [0, 0.1) is 5.82 Å². The predicted molar refractivity (Wildman–Crippen MR) is 57.4 cm³/mol. The third kappa shape index (κ3) is 2.07. The van der Waals surface area contributed by atoms with E-state index in [0.717, 1.165) is 11.8 Å². The molecule has 0 bridgehead atoms. The molecule has 4 nitrogen and oxygen atoms in total. The summed E-state index contributed by atoms with van der Waals surface area (Å²) < 4.78 is 15.3. The van der Waals surface area contributed by atoms with E-state index in [4.69, 9.17) is 5.11 Å². The first-order valence-electron chi connectivity index (χ1n) is 4.62. The van der Waals surface area contributed by atoms with Crippen LogP contribution in [-0.2, 0) is 13.7 Å². The third-order valence-electron chi connectivity index (χ3n) is 2.08. The lowest BCUT2D eigenvalue weighted by molar-refractivity contribution is 0.277. The Bertz CT molecular complexity index is 501. The Morgan fingerprint density at radius 1 is 1.50 bits per heavy atom. The fourth-order valence-corrected chi connectivity index (χ4v) is 2.14. The number of nitrogens with zero attached hydrogens (tertiary/aromatic N) is 3. The van der Waals surface area contributed by atoms with Gasteiger partial charge < -0.3 is 9.67 Å². The topological polar surface area (TPSA) is 50.9 Å². The quantitative estimate of drug-likeness (QED) is 0.883. The van der Waals surface area contributed by atoms with Crippen LogP contribution in [0.3, 0.4) is 0 Å². The van der Waals surface area contributed by atoms with Gasteiger partial charge in [-0.15, -0.1) is 10.2 Å². The Hall–Kier alpha value is -1.40. The molecule has 0 saturated heterocycles. The molecule has 1 aromatic heterocycles. The van der Waals surface area contributed by atoms with E-state index in [0.29, 0.717) is 15.6 Å². The molecule has 0 unspecified atom stereocenters. The van der Waals surface area contributed by atoms with Crippen LogP contribution in [-0.4, -0.2) is 19.9 Å². The third-order valence-corrected chi connectivity index (χ3v) is 3.30. The summed E-state index contributed by atoms with van der Waals surface area (Å²) in [6.07, 6.45) is 1.54. The van der Waals surface area contributed by atoms with Crippen molar-refractivity contribution in [2.24, 2.45) is 7.05 Å². The van der Waals surface area contributed by atoms with Crippen molar-refractivity contribution >= 4 is 11.8 Å². The maximum absolute atomic E-state index is 13.6. The van der Waals surface area contributed by atoms with Gasteiger partial charge in [0.25, 0.3) is 0 Å². The number of aliphatic hydroxyl groups is 1. The fraction of sp³-hybridized carbons (Fsp3) is 0.200. The van der Waals surface area contributed by atoms with Crippen molar-refractivity contribution in [2.75, 3.05) is 0 Å². The maximum atomic E-state index is 13.6. The predicted octanol–water partition coefficient (Wildman–Crippen LogP) is 1.60. The van der Waals surface area contributed by atoms with Gasteiger partial charge in [0.2, 0.25) is 0 Å². The number of aliphatic hydroxyl groups excluding tert-OH is 1. The van der Waals surface area contributed by atoms with Crippen molar-refractivity contribution in [3.05, 3.63) is 35.9 Å². The molecule has 1 heterocycles. The maximum Gasteiger partial charge on any atom is 0.195 e. The van der Waals surface area contributed by atoms with E-state index >= 15 is 0 Å². The first kappa shape index (κ1) is 11.1. The smallest absolute Gasteiger partial charge is 0.195 e. The molecule has 0 atom stereocenters. The van der Waals surface area contributed by atoms with Crippen molar-refractivity contribution < 1.29 is 9.50 Å². The van der Waals surface area contributed by atoms with E-state index < -0.39 is 0 Å². The largest absolute Gasteiger partial charge is 0.392 e. The van der Waals surface area contributed by atoms with E-state index in [2.05, 4.69) is 10.2 Å². The van der Waals surface area contributed by atoms with Gasteiger partial charge in [-0.1, -0.05) is 12.1 Å². The highest BCUT2D eigenvalue weighted by atomic mass is 32.2. The number of benzene rings is 1. The molecular weight excluding hydrogens is 229 g/mol. The molecule has 1 aromatic carbocycles. The van der Waals surface area contributed by atoms with Crippen LogP contribution in [0.4, 0.5) is 4.39 Å². The lowest BCUT2D eigenvalue weighted by Crippen LogP contribution is -1.94. The number of aromatic nitrogens is 3. The van der Waals surface area contributed by atoms with Crippen LogP contribution in [0.25, 0.3) is 0 Å². The Labute approximate surface area is 96.1 Å². The second-order valence-electron chi connectivity index (χ2n) is 3.21. The number of rotatable bonds is 3. The summed E-state index contributed by atoms with van der Waals surface area (Å²) in [6, 6.07) is 4.61. The van der Waals surface area contributed by atoms with Gasteiger partial charge in [-0.2, -0.15) is 0 Å². The molecule has 84 valence electrons. The highest BCUT2D eigenvalue weighted by Crippen LogP contribution is 2.31. The van der Waals surface area contributed by atoms with Crippen molar-refractivity contribution in [1.29, 1.82) is 0 Å². The number of hydrogen-bond acceptors (Lipinski definition) is 4. The molecule has 0 saturated carbocycles. The van der Waals surface area contributed by atoms with Crippen molar-refractivity contribution in [2.45, 2.75) is 16.7 Å². The summed E-state index contributed by atoms with van der Waals surface area (Å²) in [6.45, 7) is -0.196. The van der Waals surface area contributed by atoms with Crippen molar-refractivity contribution in [3.8, 4) is 0 Å². The highest BCUT2D eigenvalue weighted by Gasteiger charge is 2.12. The van der Waals surface area contributed by atoms with Gasteiger partial charge in [0, 0.05) is 7.05 Å². The van der Waals surface area contributed by atoms with Gasteiger partial charge >= 0.3 is 0 Å². The Kier molecular flexibility index (Phi) is 3.21. The molecule has 0 aliphatic heterocycles. The SMILES string of the molecule is Cn1cnnc1Sc1c(F)cccc1CO. The van der Waals surface area contributed by atoms with Gasteiger partial charge in [0.1, 0.15) is 12.1 Å². The normalized spacial score (nSPS) is 10.7. The minimum Gasteiger partial charge on any atom is -0.392 e. The molecular formula is C10H10FN3OS.